The summed E-state index contributed by atoms with van der Waals surface area (Å²) in [6.07, 6.45) is 0.996. The van der Waals surface area contributed by atoms with Crippen molar-refractivity contribution in [3.63, 3.8) is 0 Å². The van der Waals surface area contributed by atoms with Gasteiger partial charge in [-0.15, -0.1) is 0 Å². The van der Waals surface area contributed by atoms with Gasteiger partial charge in [-0.1, -0.05) is 20.8 Å². The zero-order valence-electron chi connectivity index (χ0n) is 13.7. The Hall–Kier alpha value is -1.67. The van der Waals surface area contributed by atoms with Crippen LogP contribution < -0.4 is 11.1 Å². The summed E-state index contributed by atoms with van der Waals surface area (Å²) in [5.74, 6) is -2.59. The molecule has 0 spiro atoms. The van der Waals surface area contributed by atoms with E-state index in [-0.39, 0.29) is 17.4 Å². The summed E-state index contributed by atoms with van der Waals surface area (Å²) in [7, 11) is 0. The molecule has 0 bridgehead atoms. The first-order valence-corrected chi connectivity index (χ1v) is 7.67. The number of carbonyl (C=O) groups excluding carboxylic acids is 2. The van der Waals surface area contributed by atoms with Crippen molar-refractivity contribution in [3.05, 3.63) is 0 Å². The van der Waals surface area contributed by atoms with Gasteiger partial charge in [-0.05, 0) is 18.8 Å². The van der Waals surface area contributed by atoms with Crippen molar-refractivity contribution in [2.24, 2.45) is 17.1 Å². The molecule has 1 amide bonds. The van der Waals surface area contributed by atoms with Crippen molar-refractivity contribution < 1.29 is 29.3 Å². The van der Waals surface area contributed by atoms with Crippen LogP contribution in [0.3, 0.4) is 0 Å². The lowest BCUT2D eigenvalue weighted by atomic mass is 9.87. The SMILES string of the molecule is CC1CCC(C)(C)C1OC(=O)[C@@H](CO)NC(=O)[C@@H](N)CC(=O)O. The van der Waals surface area contributed by atoms with E-state index in [1.165, 1.54) is 0 Å². The van der Waals surface area contributed by atoms with Crippen molar-refractivity contribution in [1.29, 1.82) is 0 Å². The lowest BCUT2D eigenvalue weighted by Gasteiger charge is -2.30. The van der Waals surface area contributed by atoms with Gasteiger partial charge in [0.1, 0.15) is 6.10 Å². The largest absolute Gasteiger partial charge is 0.481 e. The number of carboxylic acids is 1. The van der Waals surface area contributed by atoms with Crippen LogP contribution in [0.5, 0.6) is 0 Å². The van der Waals surface area contributed by atoms with Crippen LogP contribution in [0.4, 0.5) is 0 Å². The molecular formula is C15H26N2O6. The number of carboxylic acid groups (broad SMARTS) is 1. The second-order valence-electron chi connectivity index (χ2n) is 6.81. The van der Waals surface area contributed by atoms with E-state index in [4.69, 9.17) is 15.6 Å². The van der Waals surface area contributed by atoms with Crippen LogP contribution in [0.2, 0.25) is 0 Å². The molecule has 0 saturated heterocycles. The number of aliphatic carboxylic acids is 1. The molecule has 0 aromatic carbocycles. The van der Waals surface area contributed by atoms with Gasteiger partial charge in [-0.3, -0.25) is 9.59 Å². The highest BCUT2D eigenvalue weighted by molar-refractivity contribution is 5.89. The molecule has 23 heavy (non-hydrogen) atoms. The normalized spacial score (nSPS) is 25.4. The standard InChI is InChI=1S/C15H26N2O6/c1-8-4-5-15(2,3)12(8)23-14(22)10(7-18)17-13(21)9(16)6-11(19)20/h8-10,12,18H,4-7,16H2,1-3H3,(H,17,21)(H,19,20)/t8?,9-,10+,12?/m0/s1. The summed E-state index contributed by atoms with van der Waals surface area (Å²) in [5, 5.41) is 20.2. The third-order valence-electron chi connectivity index (χ3n) is 4.29. The second-order valence-corrected chi connectivity index (χ2v) is 6.81. The van der Waals surface area contributed by atoms with Crippen molar-refractivity contribution in [3.8, 4) is 0 Å². The maximum Gasteiger partial charge on any atom is 0.331 e. The molecule has 5 N–H and O–H groups in total. The molecule has 132 valence electrons. The fourth-order valence-corrected chi connectivity index (χ4v) is 2.89. The number of carbonyl (C=O) groups is 3. The molecule has 1 aliphatic carbocycles. The molecule has 1 saturated carbocycles. The summed E-state index contributed by atoms with van der Waals surface area (Å²) >= 11 is 0. The number of hydrogen-bond acceptors (Lipinski definition) is 6. The van der Waals surface area contributed by atoms with Gasteiger partial charge in [-0.25, -0.2) is 4.79 Å². The fourth-order valence-electron chi connectivity index (χ4n) is 2.89. The molecule has 8 heteroatoms. The fraction of sp³-hybridized carbons (Fsp3) is 0.800. The van der Waals surface area contributed by atoms with Gasteiger partial charge in [-0.2, -0.15) is 0 Å². The lowest BCUT2D eigenvalue weighted by Crippen LogP contribution is -2.52. The van der Waals surface area contributed by atoms with E-state index < -0.39 is 43.0 Å². The van der Waals surface area contributed by atoms with Crippen molar-refractivity contribution in [2.45, 2.75) is 58.2 Å². The predicted molar refractivity (Wildman–Crippen MR) is 81.3 cm³/mol. The number of amides is 1. The minimum Gasteiger partial charge on any atom is -0.481 e. The Morgan fingerprint density at radius 3 is 2.43 bits per heavy atom. The first-order valence-electron chi connectivity index (χ1n) is 7.67. The van der Waals surface area contributed by atoms with Gasteiger partial charge in [0.15, 0.2) is 6.04 Å². The van der Waals surface area contributed by atoms with E-state index in [2.05, 4.69) is 5.32 Å². The topological polar surface area (TPSA) is 139 Å². The monoisotopic (exact) mass is 330 g/mol. The molecule has 0 radical (unpaired) electrons. The number of nitrogens with one attached hydrogen (secondary N) is 1. The van der Waals surface area contributed by atoms with Crippen molar-refractivity contribution in [1.82, 2.24) is 5.32 Å². The lowest BCUT2D eigenvalue weighted by molar-refractivity contribution is -0.160. The Labute approximate surface area is 135 Å². The van der Waals surface area contributed by atoms with E-state index in [9.17, 15) is 19.5 Å². The van der Waals surface area contributed by atoms with Crippen LogP contribution in [0, 0.1) is 11.3 Å². The number of esters is 1. The molecule has 2 unspecified atom stereocenters. The van der Waals surface area contributed by atoms with Gasteiger partial charge >= 0.3 is 11.9 Å². The smallest absolute Gasteiger partial charge is 0.331 e. The van der Waals surface area contributed by atoms with Gasteiger partial charge in [0.25, 0.3) is 0 Å². The summed E-state index contributed by atoms with van der Waals surface area (Å²) in [5.41, 5.74) is 5.26. The first kappa shape index (κ1) is 19.4. The highest BCUT2D eigenvalue weighted by Crippen LogP contribution is 2.43. The first-order chi connectivity index (χ1) is 10.6. The number of nitrogens with two attached hydrogens (primary N) is 1. The summed E-state index contributed by atoms with van der Waals surface area (Å²) < 4.78 is 5.48. The quantitative estimate of drug-likeness (QED) is 0.467. The molecule has 4 atom stereocenters. The third-order valence-corrected chi connectivity index (χ3v) is 4.29. The third kappa shape index (κ3) is 5.18. The minimum absolute atomic E-state index is 0.168. The Morgan fingerprint density at radius 1 is 1.39 bits per heavy atom. The Morgan fingerprint density at radius 2 is 2.00 bits per heavy atom. The van der Waals surface area contributed by atoms with E-state index >= 15 is 0 Å². The average Bonchev–Trinajstić information content (AvgIpc) is 2.70. The zero-order chi connectivity index (χ0) is 17.8. The van der Waals surface area contributed by atoms with E-state index in [1.54, 1.807) is 0 Å². The minimum atomic E-state index is -1.30. The Balaban J connectivity index is 2.65. The molecular weight excluding hydrogens is 304 g/mol. The maximum absolute atomic E-state index is 12.2. The predicted octanol–water partition coefficient (Wildman–Crippen LogP) is -0.367. The molecule has 0 aromatic rings. The number of aliphatic hydroxyl groups excluding tert-OH is 1. The van der Waals surface area contributed by atoms with Gasteiger partial charge in [0, 0.05) is 5.41 Å². The van der Waals surface area contributed by atoms with Gasteiger partial charge < -0.3 is 26.0 Å². The van der Waals surface area contributed by atoms with Crippen LogP contribution in [-0.4, -0.2) is 52.9 Å². The molecule has 1 rings (SSSR count). The van der Waals surface area contributed by atoms with Gasteiger partial charge in [0.2, 0.25) is 5.91 Å². The number of aliphatic hydroxyl groups is 1. The highest BCUT2D eigenvalue weighted by atomic mass is 16.5. The molecule has 8 nitrogen and oxygen atoms in total. The van der Waals surface area contributed by atoms with E-state index in [0.29, 0.717) is 0 Å². The summed E-state index contributed by atoms with van der Waals surface area (Å²) in [6, 6.07) is -2.55. The molecule has 1 fully saturated rings. The van der Waals surface area contributed by atoms with Crippen LogP contribution in [-0.2, 0) is 19.1 Å². The van der Waals surface area contributed by atoms with E-state index in [1.807, 2.05) is 20.8 Å². The maximum atomic E-state index is 12.2. The van der Waals surface area contributed by atoms with Crippen LogP contribution >= 0.6 is 0 Å². The van der Waals surface area contributed by atoms with Gasteiger partial charge in [0.05, 0.1) is 19.1 Å². The molecule has 0 heterocycles. The van der Waals surface area contributed by atoms with Crippen LogP contribution in [0.15, 0.2) is 0 Å². The highest BCUT2D eigenvalue weighted by Gasteiger charge is 2.43. The zero-order valence-corrected chi connectivity index (χ0v) is 13.7. The number of ether oxygens (including phenoxy) is 1. The van der Waals surface area contributed by atoms with Crippen molar-refractivity contribution >= 4 is 17.8 Å². The average molecular weight is 330 g/mol. The molecule has 1 aliphatic rings. The molecule has 0 aliphatic heterocycles. The summed E-state index contributed by atoms with van der Waals surface area (Å²) in [4.78, 5) is 34.5. The Kier molecular flexibility index (Phi) is 6.52. The van der Waals surface area contributed by atoms with Crippen LogP contribution in [0.1, 0.15) is 40.0 Å². The number of hydrogen-bond donors (Lipinski definition) is 4. The Bertz CT molecular complexity index is 465. The second kappa shape index (κ2) is 7.74. The van der Waals surface area contributed by atoms with E-state index in [0.717, 1.165) is 12.8 Å². The summed E-state index contributed by atoms with van der Waals surface area (Å²) in [6.45, 7) is 5.35. The van der Waals surface area contributed by atoms with Crippen LogP contribution in [0.25, 0.3) is 0 Å². The number of rotatable bonds is 7. The van der Waals surface area contributed by atoms with Crippen molar-refractivity contribution in [2.75, 3.05) is 6.61 Å². The molecule has 0 aromatic heterocycles.